The van der Waals surface area contributed by atoms with Gasteiger partial charge in [0.1, 0.15) is 12.4 Å². The molecule has 76 valence electrons. The van der Waals surface area contributed by atoms with Gasteiger partial charge < -0.3 is 9.84 Å². The third-order valence-electron chi connectivity index (χ3n) is 1.59. The van der Waals surface area contributed by atoms with Crippen LogP contribution in [0.25, 0.3) is 0 Å². The van der Waals surface area contributed by atoms with Gasteiger partial charge in [-0.05, 0) is 22.0 Å². The highest BCUT2D eigenvalue weighted by atomic mass is 79.9. The van der Waals surface area contributed by atoms with Crippen molar-refractivity contribution in [1.29, 1.82) is 0 Å². The number of benzene rings is 1. The summed E-state index contributed by atoms with van der Waals surface area (Å²) in [6, 6.07) is 5.54. The number of hydrogen-bond acceptors (Lipinski definition) is 2. The number of ether oxygens (including phenoxy) is 1. The molecule has 0 saturated carbocycles. The summed E-state index contributed by atoms with van der Waals surface area (Å²) in [6.07, 6.45) is 0. The lowest BCUT2D eigenvalue weighted by molar-refractivity contribution is 0.269. The molecule has 0 fully saturated rings. The van der Waals surface area contributed by atoms with E-state index in [1.54, 1.807) is 0 Å². The van der Waals surface area contributed by atoms with E-state index in [1.807, 2.05) is 18.2 Å². The molecule has 1 aromatic carbocycles. The lowest BCUT2D eigenvalue weighted by Gasteiger charge is -2.11. The molecule has 4 heteroatoms. The fourth-order valence-electron chi connectivity index (χ4n) is 0.990. The first-order valence-corrected chi connectivity index (χ1v) is 5.58. The molecule has 0 aliphatic heterocycles. The minimum Gasteiger partial charge on any atom is -0.487 e. The molecule has 0 bridgehead atoms. The summed E-state index contributed by atoms with van der Waals surface area (Å²) in [4.78, 5) is 0. The van der Waals surface area contributed by atoms with Gasteiger partial charge in [0.2, 0.25) is 0 Å². The predicted octanol–water partition coefficient (Wildman–Crippen LogP) is 3.23. The van der Waals surface area contributed by atoms with E-state index < -0.39 is 0 Å². The molecule has 0 atom stereocenters. The molecule has 0 aliphatic carbocycles. The molecular weight excluding hydrogens is 312 g/mol. The zero-order valence-electron chi connectivity index (χ0n) is 7.46. The van der Waals surface area contributed by atoms with Crippen LogP contribution in [0.2, 0.25) is 0 Å². The van der Waals surface area contributed by atoms with Gasteiger partial charge in [0, 0.05) is 10.0 Å². The monoisotopic (exact) mass is 320 g/mol. The summed E-state index contributed by atoms with van der Waals surface area (Å²) < 4.78 is 7.06. The number of rotatable bonds is 4. The summed E-state index contributed by atoms with van der Waals surface area (Å²) in [7, 11) is 0. The second kappa shape index (κ2) is 5.53. The van der Waals surface area contributed by atoms with E-state index in [0.29, 0.717) is 12.4 Å². The first-order valence-electron chi connectivity index (χ1n) is 3.99. The Balaban J connectivity index is 2.87. The van der Waals surface area contributed by atoms with E-state index in [4.69, 9.17) is 9.84 Å². The lowest BCUT2D eigenvalue weighted by Crippen LogP contribution is -2.00. The second-order valence-electron chi connectivity index (χ2n) is 2.69. The SMILES string of the molecule is C=C(Br)COc1c(Br)cccc1CO. The zero-order chi connectivity index (χ0) is 10.6. The molecule has 1 rings (SSSR count). The first kappa shape index (κ1) is 11.8. The third-order valence-corrected chi connectivity index (χ3v) is 2.45. The van der Waals surface area contributed by atoms with Crippen LogP contribution in [0.15, 0.2) is 33.7 Å². The summed E-state index contributed by atoms with van der Waals surface area (Å²) in [5.41, 5.74) is 0.758. The standard InChI is InChI=1S/C10H10Br2O2/c1-7(11)6-14-10-8(5-13)3-2-4-9(10)12/h2-4,13H,1,5-6H2. The molecule has 0 aromatic heterocycles. The van der Waals surface area contributed by atoms with Crippen LogP contribution in [-0.2, 0) is 6.61 Å². The molecular formula is C10H10Br2O2. The van der Waals surface area contributed by atoms with Gasteiger partial charge in [0.05, 0.1) is 11.1 Å². The van der Waals surface area contributed by atoms with Crippen molar-refractivity contribution in [2.45, 2.75) is 6.61 Å². The van der Waals surface area contributed by atoms with Crippen molar-refractivity contribution in [2.75, 3.05) is 6.61 Å². The molecule has 0 spiro atoms. The van der Waals surface area contributed by atoms with Crippen LogP contribution < -0.4 is 4.74 Å². The Morgan fingerprint density at radius 3 is 2.79 bits per heavy atom. The Bertz CT molecular complexity index is 337. The van der Waals surface area contributed by atoms with Crippen LogP contribution in [-0.4, -0.2) is 11.7 Å². The van der Waals surface area contributed by atoms with Crippen molar-refractivity contribution in [3.05, 3.63) is 39.3 Å². The number of aliphatic hydroxyl groups excluding tert-OH is 1. The highest BCUT2D eigenvalue weighted by Gasteiger charge is 2.06. The Hall–Kier alpha value is -0.320. The van der Waals surface area contributed by atoms with Crippen LogP contribution in [0.4, 0.5) is 0 Å². The van der Waals surface area contributed by atoms with E-state index >= 15 is 0 Å². The van der Waals surface area contributed by atoms with Crippen LogP contribution >= 0.6 is 31.9 Å². The molecule has 2 nitrogen and oxygen atoms in total. The van der Waals surface area contributed by atoms with E-state index in [9.17, 15) is 0 Å². The zero-order valence-corrected chi connectivity index (χ0v) is 10.6. The lowest BCUT2D eigenvalue weighted by atomic mass is 10.2. The second-order valence-corrected chi connectivity index (χ2v) is 4.67. The minimum atomic E-state index is -0.0382. The van der Waals surface area contributed by atoms with E-state index in [1.165, 1.54) is 0 Å². The van der Waals surface area contributed by atoms with Gasteiger partial charge in [-0.2, -0.15) is 0 Å². The van der Waals surface area contributed by atoms with Crippen molar-refractivity contribution in [3.8, 4) is 5.75 Å². The van der Waals surface area contributed by atoms with Gasteiger partial charge in [-0.25, -0.2) is 0 Å². The predicted molar refractivity (Wildman–Crippen MR) is 63.6 cm³/mol. The van der Waals surface area contributed by atoms with Crippen molar-refractivity contribution < 1.29 is 9.84 Å². The van der Waals surface area contributed by atoms with Gasteiger partial charge in [0.25, 0.3) is 0 Å². The average molecular weight is 322 g/mol. The van der Waals surface area contributed by atoms with Gasteiger partial charge >= 0.3 is 0 Å². The largest absolute Gasteiger partial charge is 0.487 e. The van der Waals surface area contributed by atoms with Crippen molar-refractivity contribution in [1.82, 2.24) is 0 Å². The third kappa shape index (κ3) is 3.12. The Kier molecular flexibility index (Phi) is 4.65. The molecule has 0 aliphatic rings. The molecule has 0 unspecified atom stereocenters. The van der Waals surface area contributed by atoms with Crippen molar-refractivity contribution in [3.63, 3.8) is 0 Å². The van der Waals surface area contributed by atoms with E-state index in [-0.39, 0.29) is 6.61 Å². The van der Waals surface area contributed by atoms with Crippen LogP contribution in [0.1, 0.15) is 5.56 Å². The van der Waals surface area contributed by atoms with Crippen LogP contribution in [0.5, 0.6) is 5.75 Å². The summed E-state index contributed by atoms with van der Waals surface area (Å²) >= 11 is 6.56. The van der Waals surface area contributed by atoms with Crippen molar-refractivity contribution >= 4 is 31.9 Å². The molecule has 1 N–H and O–H groups in total. The highest BCUT2D eigenvalue weighted by molar-refractivity contribution is 9.11. The molecule has 14 heavy (non-hydrogen) atoms. The van der Waals surface area contributed by atoms with Gasteiger partial charge in [-0.15, -0.1) is 0 Å². The number of aliphatic hydroxyl groups is 1. The number of para-hydroxylation sites is 1. The maximum Gasteiger partial charge on any atom is 0.139 e. The molecule has 1 aromatic rings. The quantitative estimate of drug-likeness (QED) is 0.922. The Morgan fingerprint density at radius 2 is 2.21 bits per heavy atom. The number of halogens is 2. The normalized spacial score (nSPS) is 9.93. The highest BCUT2D eigenvalue weighted by Crippen LogP contribution is 2.29. The maximum atomic E-state index is 9.07. The summed E-state index contributed by atoms with van der Waals surface area (Å²) in [5.74, 6) is 0.663. The topological polar surface area (TPSA) is 29.5 Å². The minimum absolute atomic E-state index is 0.0382. The Labute approximate surface area is 99.8 Å². The summed E-state index contributed by atoms with van der Waals surface area (Å²) in [6.45, 7) is 4.02. The molecule has 0 radical (unpaired) electrons. The van der Waals surface area contributed by atoms with Crippen LogP contribution in [0.3, 0.4) is 0 Å². The van der Waals surface area contributed by atoms with Gasteiger partial charge in [0.15, 0.2) is 0 Å². The molecule has 0 saturated heterocycles. The van der Waals surface area contributed by atoms with Crippen LogP contribution in [0, 0.1) is 0 Å². The molecule has 0 amide bonds. The molecule has 0 heterocycles. The average Bonchev–Trinajstić information content (AvgIpc) is 2.15. The van der Waals surface area contributed by atoms with Crippen molar-refractivity contribution in [2.24, 2.45) is 0 Å². The smallest absolute Gasteiger partial charge is 0.139 e. The fraction of sp³-hybridized carbons (Fsp3) is 0.200. The fourth-order valence-corrected chi connectivity index (χ4v) is 1.63. The maximum absolute atomic E-state index is 9.07. The van der Waals surface area contributed by atoms with E-state index in [2.05, 4.69) is 38.4 Å². The number of hydrogen-bond donors (Lipinski definition) is 1. The van der Waals surface area contributed by atoms with Gasteiger partial charge in [-0.3, -0.25) is 0 Å². The Morgan fingerprint density at radius 1 is 1.50 bits per heavy atom. The van der Waals surface area contributed by atoms with Gasteiger partial charge in [-0.1, -0.05) is 34.6 Å². The first-order chi connectivity index (χ1) is 6.65. The van der Waals surface area contributed by atoms with E-state index in [0.717, 1.165) is 14.5 Å². The summed E-state index contributed by atoms with van der Waals surface area (Å²) in [5, 5.41) is 9.07.